The number of carbonyl (C=O) groups is 1. The smallest absolute Gasteiger partial charge is 0.210 e. The summed E-state index contributed by atoms with van der Waals surface area (Å²) in [7, 11) is -1.79. The van der Waals surface area contributed by atoms with Gasteiger partial charge in [0.2, 0.25) is 10.0 Å². The second-order valence-corrected chi connectivity index (χ2v) is 11.8. The number of hydrogen-bond donors (Lipinski definition) is 1. The average Bonchev–Trinajstić information content (AvgIpc) is 3.38. The summed E-state index contributed by atoms with van der Waals surface area (Å²) in [6.07, 6.45) is 7.11. The fourth-order valence-electron chi connectivity index (χ4n) is 5.28. The zero-order chi connectivity index (χ0) is 26.0. The van der Waals surface area contributed by atoms with Gasteiger partial charge in [0.15, 0.2) is 5.78 Å². The van der Waals surface area contributed by atoms with E-state index in [-0.39, 0.29) is 29.3 Å². The number of nitrogens with zero attached hydrogens (tertiary/aromatic N) is 3. The fourth-order valence-corrected chi connectivity index (χ4v) is 5.70. The Kier molecular flexibility index (Phi) is 7.82. The summed E-state index contributed by atoms with van der Waals surface area (Å²) in [5, 5.41) is 10.0. The minimum absolute atomic E-state index is 0.00963. The number of phenols is 1. The van der Waals surface area contributed by atoms with Gasteiger partial charge in [0.05, 0.1) is 6.26 Å². The Hall–Kier alpha value is -2.75. The standard InChI is InChI=1S/C27H33FN3O4S/c1-19-22(10-7-11-24(19)28)26-23(27(33)20-8-6-9-21(32)16-20)17-30(15-14-29(2)36(3,34)35)18-25(26)31-12-4-5-13-31/h6-11,13,16,23,25-26,32H,4,12,14-15,17-18H2,1-3H3/t23-,25-,26-/m0/s1. The highest BCUT2D eigenvalue weighted by molar-refractivity contribution is 7.88. The highest BCUT2D eigenvalue weighted by atomic mass is 32.2. The van der Waals surface area contributed by atoms with Crippen LogP contribution in [0.4, 0.5) is 4.39 Å². The molecule has 2 heterocycles. The molecule has 1 N–H and O–H groups in total. The molecule has 0 aliphatic carbocycles. The molecule has 193 valence electrons. The number of piperidine rings is 1. The largest absolute Gasteiger partial charge is 0.508 e. The second kappa shape index (κ2) is 10.7. The Labute approximate surface area is 212 Å². The van der Waals surface area contributed by atoms with Crippen molar-refractivity contribution in [1.82, 2.24) is 14.1 Å². The van der Waals surface area contributed by atoms with E-state index in [0.29, 0.717) is 37.3 Å². The van der Waals surface area contributed by atoms with Crippen LogP contribution in [0, 0.1) is 24.7 Å². The van der Waals surface area contributed by atoms with Crippen molar-refractivity contribution in [1.29, 1.82) is 0 Å². The van der Waals surface area contributed by atoms with E-state index in [1.807, 2.05) is 12.3 Å². The highest BCUT2D eigenvalue weighted by Gasteiger charge is 2.44. The number of ketones is 1. The average molecular weight is 515 g/mol. The van der Waals surface area contributed by atoms with Crippen LogP contribution in [0.3, 0.4) is 0 Å². The van der Waals surface area contributed by atoms with Crippen LogP contribution in [0.2, 0.25) is 0 Å². The zero-order valence-electron chi connectivity index (χ0n) is 20.9. The third-order valence-corrected chi connectivity index (χ3v) is 8.69. The van der Waals surface area contributed by atoms with Gasteiger partial charge < -0.3 is 10.0 Å². The van der Waals surface area contributed by atoms with E-state index in [1.54, 1.807) is 32.2 Å². The Morgan fingerprint density at radius 1 is 1.22 bits per heavy atom. The lowest BCUT2D eigenvalue weighted by atomic mass is 9.72. The molecule has 0 aromatic heterocycles. The number of aromatic hydroxyl groups is 1. The Morgan fingerprint density at radius 3 is 2.64 bits per heavy atom. The molecule has 4 rings (SSSR count). The van der Waals surface area contributed by atoms with E-state index in [4.69, 9.17) is 0 Å². The lowest BCUT2D eigenvalue weighted by Gasteiger charge is -2.47. The molecule has 3 atom stereocenters. The molecule has 2 aromatic carbocycles. The third kappa shape index (κ3) is 5.63. The van der Waals surface area contributed by atoms with Crippen LogP contribution >= 0.6 is 0 Å². The van der Waals surface area contributed by atoms with Gasteiger partial charge in [-0.15, -0.1) is 0 Å². The third-order valence-electron chi connectivity index (χ3n) is 7.38. The number of carbonyl (C=O) groups excluding carboxylic acids is 1. The summed E-state index contributed by atoms with van der Waals surface area (Å²) < 4.78 is 39.9. The Bertz CT molecular complexity index is 1250. The molecular weight excluding hydrogens is 481 g/mol. The van der Waals surface area contributed by atoms with Crippen LogP contribution in [0.15, 0.2) is 48.7 Å². The number of sulfonamides is 1. The summed E-state index contributed by atoms with van der Waals surface area (Å²) in [5.74, 6) is -1.25. The molecule has 0 spiro atoms. The summed E-state index contributed by atoms with van der Waals surface area (Å²) >= 11 is 0. The van der Waals surface area contributed by atoms with Gasteiger partial charge in [-0.1, -0.05) is 24.3 Å². The fraction of sp³-hybridized carbons (Fsp3) is 0.444. The van der Waals surface area contributed by atoms with Crippen LogP contribution in [0.1, 0.15) is 33.8 Å². The van der Waals surface area contributed by atoms with Crippen LogP contribution in [0.5, 0.6) is 5.75 Å². The predicted octanol–water partition coefficient (Wildman–Crippen LogP) is 3.02. The van der Waals surface area contributed by atoms with Gasteiger partial charge >= 0.3 is 0 Å². The SMILES string of the molecule is Cc1c(F)cccc1[C@H]1[C@@H](C(=O)c2cccc(O)c2)CN(CCN(C)S(C)(=O)=O)C[C@@H]1N1C=[C]CC1. The van der Waals surface area contributed by atoms with Crippen LogP contribution in [-0.2, 0) is 10.0 Å². The molecule has 36 heavy (non-hydrogen) atoms. The molecule has 0 amide bonds. The number of phenolic OH excluding ortho intramolecular Hbond substituents is 1. The summed E-state index contributed by atoms with van der Waals surface area (Å²) in [6, 6.07) is 11.2. The van der Waals surface area contributed by atoms with Gasteiger partial charge in [0.1, 0.15) is 11.6 Å². The first-order valence-electron chi connectivity index (χ1n) is 12.1. The lowest BCUT2D eigenvalue weighted by Crippen LogP contribution is -2.56. The number of halogens is 1. The zero-order valence-corrected chi connectivity index (χ0v) is 21.7. The lowest BCUT2D eigenvalue weighted by molar-refractivity contribution is 0.0543. The molecule has 2 aromatic rings. The molecule has 7 nitrogen and oxygen atoms in total. The number of likely N-dealkylation sites (N-methyl/N-ethyl adjacent to an activating group) is 1. The van der Waals surface area contributed by atoms with E-state index in [2.05, 4.69) is 15.9 Å². The molecule has 2 aliphatic heterocycles. The van der Waals surface area contributed by atoms with Crippen molar-refractivity contribution in [3.8, 4) is 5.75 Å². The molecule has 1 saturated heterocycles. The van der Waals surface area contributed by atoms with Gasteiger partial charge in [-0.3, -0.25) is 9.69 Å². The quantitative estimate of drug-likeness (QED) is 0.546. The Balaban J connectivity index is 1.75. The molecule has 0 bridgehead atoms. The van der Waals surface area contributed by atoms with Crippen LogP contribution in [0.25, 0.3) is 0 Å². The van der Waals surface area contributed by atoms with Gasteiger partial charge in [0.25, 0.3) is 0 Å². The van der Waals surface area contributed by atoms with E-state index >= 15 is 0 Å². The predicted molar refractivity (Wildman–Crippen MR) is 137 cm³/mol. The first-order valence-corrected chi connectivity index (χ1v) is 14.0. The second-order valence-electron chi connectivity index (χ2n) is 9.73. The molecule has 0 saturated carbocycles. The van der Waals surface area contributed by atoms with Gasteiger partial charge in [-0.05, 0) is 48.7 Å². The van der Waals surface area contributed by atoms with Crippen molar-refractivity contribution < 1.29 is 22.7 Å². The van der Waals surface area contributed by atoms with Crippen molar-refractivity contribution in [3.05, 3.63) is 77.2 Å². The minimum Gasteiger partial charge on any atom is -0.508 e. The van der Waals surface area contributed by atoms with Gasteiger partial charge in [-0.2, -0.15) is 0 Å². The monoisotopic (exact) mass is 514 g/mol. The van der Waals surface area contributed by atoms with Crippen molar-refractivity contribution >= 4 is 15.8 Å². The maximum Gasteiger partial charge on any atom is 0.210 e. The van der Waals surface area contributed by atoms with E-state index < -0.39 is 15.9 Å². The number of likely N-dealkylation sites (tertiary alicyclic amines) is 1. The summed E-state index contributed by atoms with van der Waals surface area (Å²) in [6.45, 7) is 4.24. The molecule has 2 aliphatic rings. The van der Waals surface area contributed by atoms with E-state index in [1.165, 1.54) is 28.8 Å². The normalized spacial score (nSPS) is 22.9. The molecular formula is C27H33FN3O4S. The van der Waals surface area contributed by atoms with Gasteiger partial charge in [-0.25, -0.2) is 17.1 Å². The number of benzene rings is 2. The van der Waals surface area contributed by atoms with Crippen molar-refractivity contribution in [2.75, 3.05) is 46.0 Å². The van der Waals surface area contributed by atoms with Crippen molar-refractivity contribution in [2.24, 2.45) is 5.92 Å². The maximum atomic E-state index is 14.7. The topological polar surface area (TPSA) is 81.2 Å². The molecule has 1 fully saturated rings. The number of rotatable bonds is 8. The molecule has 9 heteroatoms. The van der Waals surface area contributed by atoms with E-state index in [0.717, 1.165) is 18.5 Å². The van der Waals surface area contributed by atoms with E-state index in [9.17, 15) is 22.7 Å². The summed E-state index contributed by atoms with van der Waals surface area (Å²) in [4.78, 5) is 18.2. The highest BCUT2D eigenvalue weighted by Crippen LogP contribution is 2.40. The van der Waals surface area contributed by atoms with Crippen molar-refractivity contribution in [2.45, 2.75) is 25.3 Å². The minimum atomic E-state index is -3.33. The number of hydrogen-bond acceptors (Lipinski definition) is 6. The number of Topliss-reactive ketones (excluding diaryl/α,β-unsaturated/α-hetero) is 1. The summed E-state index contributed by atoms with van der Waals surface area (Å²) in [5.41, 5.74) is 1.72. The van der Waals surface area contributed by atoms with Crippen LogP contribution in [-0.4, -0.2) is 85.5 Å². The Morgan fingerprint density at radius 2 is 1.97 bits per heavy atom. The first-order chi connectivity index (χ1) is 17.1. The molecule has 1 radical (unpaired) electrons. The van der Waals surface area contributed by atoms with Crippen molar-refractivity contribution in [3.63, 3.8) is 0 Å². The van der Waals surface area contributed by atoms with Crippen LogP contribution < -0.4 is 0 Å². The first kappa shape index (κ1) is 26.3. The van der Waals surface area contributed by atoms with Gasteiger partial charge in [0, 0.05) is 69.4 Å². The maximum absolute atomic E-state index is 14.7. The molecule has 0 unspecified atom stereocenters.